The maximum Gasteiger partial charge on any atom is 0.123 e. The molecule has 1 fully saturated rings. The van der Waals surface area contributed by atoms with Crippen LogP contribution in [0, 0.1) is 5.82 Å². The lowest BCUT2D eigenvalue weighted by Crippen LogP contribution is -2.39. The van der Waals surface area contributed by atoms with Crippen molar-refractivity contribution < 1.29 is 14.6 Å². The SMILES string of the molecule is OCCN(CCC(O)c1cccc(F)c1)C1CCCCC1. The molecule has 1 saturated carbocycles. The van der Waals surface area contributed by atoms with Gasteiger partial charge in [0.25, 0.3) is 0 Å². The van der Waals surface area contributed by atoms with E-state index in [9.17, 15) is 14.6 Å². The van der Waals surface area contributed by atoms with Gasteiger partial charge in [-0.1, -0.05) is 31.4 Å². The molecule has 0 spiro atoms. The summed E-state index contributed by atoms with van der Waals surface area (Å²) in [5, 5.41) is 19.4. The van der Waals surface area contributed by atoms with E-state index in [4.69, 9.17) is 0 Å². The zero-order valence-electron chi connectivity index (χ0n) is 12.5. The second-order valence-electron chi connectivity index (χ2n) is 5.91. The van der Waals surface area contributed by atoms with Gasteiger partial charge in [0.1, 0.15) is 5.82 Å². The summed E-state index contributed by atoms with van der Waals surface area (Å²) in [6.45, 7) is 1.54. The summed E-state index contributed by atoms with van der Waals surface area (Å²) >= 11 is 0. The molecule has 0 aromatic heterocycles. The molecule has 1 aliphatic rings. The Morgan fingerprint density at radius 3 is 2.62 bits per heavy atom. The summed E-state index contributed by atoms with van der Waals surface area (Å²) in [6, 6.07) is 6.68. The lowest BCUT2D eigenvalue weighted by molar-refractivity contribution is 0.0922. The molecule has 0 bridgehead atoms. The fourth-order valence-corrected chi connectivity index (χ4v) is 3.22. The largest absolute Gasteiger partial charge is 0.395 e. The van der Waals surface area contributed by atoms with Gasteiger partial charge in [0.15, 0.2) is 0 Å². The first kappa shape index (κ1) is 16.4. The minimum atomic E-state index is -0.648. The molecular formula is C17H26FNO2. The van der Waals surface area contributed by atoms with Crippen LogP contribution in [0.25, 0.3) is 0 Å². The van der Waals surface area contributed by atoms with E-state index >= 15 is 0 Å². The Morgan fingerprint density at radius 1 is 1.19 bits per heavy atom. The summed E-state index contributed by atoms with van der Waals surface area (Å²) in [6.07, 6.45) is 6.07. The Bertz CT molecular complexity index is 421. The maximum atomic E-state index is 13.2. The number of rotatable bonds is 7. The molecule has 1 unspecified atom stereocenters. The van der Waals surface area contributed by atoms with Crippen LogP contribution in [0.1, 0.15) is 50.2 Å². The topological polar surface area (TPSA) is 43.7 Å². The van der Waals surface area contributed by atoms with Crippen molar-refractivity contribution in [3.63, 3.8) is 0 Å². The molecule has 21 heavy (non-hydrogen) atoms. The summed E-state index contributed by atoms with van der Waals surface area (Å²) in [7, 11) is 0. The minimum Gasteiger partial charge on any atom is -0.395 e. The highest BCUT2D eigenvalue weighted by Crippen LogP contribution is 2.24. The number of benzene rings is 1. The molecule has 1 aliphatic carbocycles. The summed E-state index contributed by atoms with van der Waals surface area (Å²) < 4.78 is 13.2. The summed E-state index contributed by atoms with van der Waals surface area (Å²) in [5.74, 6) is -0.314. The van der Waals surface area contributed by atoms with Gasteiger partial charge in [-0.15, -0.1) is 0 Å². The third-order valence-corrected chi connectivity index (χ3v) is 4.40. The third-order valence-electron chi connectivity index (χ3n) is 4.40. The molecule has 3 nitrogen and oxygen atoms in total. The predicted octanol–water partition coefficient (Wildman–Crippen LogP) is 2.88. The highest BCUT2D eigenvalue weighted by molar-refractivity contribution is 5.18. The van der Waals surface area contributed by atoms with Gasteiger partial charge in [-0.05, 0) is 37.0 Å². The van der Waals surface area contributed by atoms with Crippen LogP contribution in [-0.4, -0.2) is 40.9 Å². The molecule has 118 valence electrons. The van der Waals surface area contributed by atoms with Gasteiger partial charge in [0.2, 0.25) is 0 Å². The van der Waals surface area contributed by atoms with Crippen LogP contribution < -0.4 is 0 Å². The van der Waals surface area contributed by atoms with Crippen LogP contribution >= 0.6 is 0 Å². The normalized spacial score (nSPS) is 18.1. The molecule has 1 aromatic rings. The molecule has 2 rings (SSSR count). The predicted molar refractivity (Wildman–Crippen MR) is 81.5 cm³/mol. The Morgan fingerprint density at radius 2 is 1.95 bits per heavy atom. The van der Waals surface area contributed by atoms with Crippen LogP contribution in [0.4, 0.5) is 4.39 Å². The number of hydrogen-bond acceptors (Lipinski definition) is 3. The lowest BCUT2D eigenvalue weighted by Gasteiger charge is -2.34. The van der Waals surface area contributed by atoms with Crippen molar-refractivity contribution in [3.8, 4) is 0 Å². The Hall–Kier alpha value is -0.970. The van der Waals surface area contributed by atoms with Crippen molar-refractivity contribution in [2.24, 2.45) is 0 Å². The molecule has 0 radical (unpaired) electrons. The number of aliphatic hydroxyl groups is 2. The molecule has 1 aromatic carbocycles. The van der Waals surface area contributed by atoms with E-state index in [0.717, 1.165) is 6.54 Å². The number of halogens is 1. The molecule has 0 aliphatic heterocycles. The van der Waals surface area contributed by atoms with E-state index in [1.165, 1.54) is 44.2 Å². The van der Waals surface area contributed by atoms with E-state index in [1.807, 2.05) is 0 Å². The molecule has 2 N–H and O–H groups in total. The van der Waals surface area contributed by atoms with Crippen molar-refractivity contribution in [1.29, 1.82) is 0 Å². The van der Waals surface area contributed by atoms with Gasteiger partial charge in [-0.25, -0.2) is 4.39 Å². The van der Waals surface area contributed by atoms with E-state index in [-0.39, 0.29) is 12.4 Å². The number of nitrogens with zero attached hydrogens (tertiary/aromatic N) is 1. The van der Waals surface area contributed by atoms with E-state index in [0.29, 0.717) is 24.6 Å². The first-order valence-electron chi connectivity index (χ1n) is 7.99. The average Bonchev–Trinajstić information content (AvgIpc) is 2.52. The highest BCUT2D eigenvalue weighted by atomic mass is 19.1. The van der Waals surface area contributed by atoms with E-state index < -0.39 is 6.10 Å². The second kappa shape index (κ2) is 8.47. The average molecular weight is 295 g/mol. The van der Waals surface area contributed by atoms with Crippen LogP contribution in [0.5, 0.6) is 0 Å². The van der Waals surface area contributed by atoms with Crippen molar-refractivity contribution >= 4 is 0 Å². The van der Waals surface area contributed by atoms with Crippen LogP contribution in [-0.2, 0) is 0 Å². The van der Waals surface area contributed by atoms with E-state index in [2.05, 4.69) is 4.90 Å². The number of aliphatic hydroxyl groups excluding tert-OH is 2. The molecular weight excluding hydrogens is 269 g/mol. The highest BCUT2D eigenvalue weighted by Gasteiger charge is 2.21. The van der Waals surface area contributed by atoms with E-state index in [1.54, 1.807) is 12.1 Å². The quantitative estimate of drug-likeness (QED) is 0.813. The smallest absolute Gasteiger partial charge is 0.123 e. The molecule has 4 heteroatoms. The number of hydrogen-bond donors (Lipinski definition) is 2. The monoisotopic (exact) mass is 295 g/mol. The van der Waals surface area contributed by atoms with Crippen molar-refractivity contribution in [2.45, 2.75) is 50.7 Å². The van der Waals surface area contributed by atoms with Crippen LogP contribution in [0.2, 0.25) is 0 Å². The zero-order valence-corrected chi connectivity index (χ0v) is 12.5. The Kier molecular flexibility index (Phi) is 6.61. The Balaban J connectivity index is 1.88. The van der Waals surface area contributed by atoms with Crippen molar-refractivity contribution in [3.05, 3.63) is 35.6 Å². The molecule has 1 atom stereocenters. The van der Waals surface area contributed by atoms with Crippen LogP contribution in [0.15, 0.2) is 24.3 Å². The van der Waals surface area contributed by atoms with Crippen molar-refractivity contribution in [2.75, 3.05) is 19.7 Å². The minimum absolute atomic E-state index is 0.145. The first-order chi connectivity index (χ1) is 10.2. The summed E-state index contributed by atoms with van der Waals surface area (Å²) in [4.78, 5) is 2.28. The fourth-order valence-electron chi connectivity index (χ4n) is 3.22. The first-order valence-corrected chi connectivity index (χ1v) is 7.99. The second-order valence-corrected chi connectivity index (χ2v) is 5.91. The van der Waals surface area contributed by atoms with Gasteiger partial charge >= 0.3 is 0 Å². The standard InChI is InChI=1S/C17H26FNO2/c18-15-6-4-5-14(13-15)17(21)9-10-19(11-12-20)16-7-2-1-3-8-16/h4-6,13,16-17,20-21H,1-3,7-12H2. The van der Waals surface area contributed by atoms with Gasteiger partial charge < -0.3 is 10.2 Å². The fraction of sp³-hybridized carbons (Fsp3) is 0.647. The maximum absolute atomic E-state index is 13.2. The van der Waals surface area contributed by atoms with Crippen molar-refractivity contribution in [1.82, 2.24) is 4.90 Å². The van der Waals surface area contributed by atoms with Gasteiger partial charge in [-0.2, -0.15) is 0 Å². The molecule has 0 heterocycles. The summed E-state index contributed by atoms with van der Waals surface area (Å²) in [5.41, 5.74) is 0.627. The zero-order chi connectivity index (χ0) is 15.1. The Labute approximate surface area is 126 Å². The van der Waals surface area contributed by atoms with Gasteiger partial charge in [0, 0.05) is 19.1 Å². The molecule has 0 amide bonds. The third kappa shape index (κ3) is 5.06. The van der Waals surface area contributed by atoms with Crippen LogP contribution in [0.3, 0.4) is 0 Å². The van der Waals surface area contributed by atoms with Gasteiger partial charge in [-0.3, -0.25) is 4.90 Å². The molecule has 0 saturated heterocycles. The lowest BCUT2D eigenvalue weighted by atomic mass is 9.93. The van der Waals surface area contributed by atoms with Gasteiger partial charge in [0.05, 0.1) is 12.7 Å².